The molecule has 0 saturated carbocycles. The van der Waals surface area contributed by atoms with Gasteiger partial charge >= 0.3 is 5.91 Å². The number of aliphatic hydroxyl groups excluding tert-OH is 1. The number of amides is 1. The van der Waals surface area contributed by atoms with Crippen LogP contribution in [0.4, 0.5) is 5.95 Å². The van der Waals surface area contributed by atoms with Crippen LogP contribution in [-0.2, 0) is 15.0 Å². The van der Waals surface area contributed by atoms with Crippen molar-refractivity contribution in [2.75, 3.05) is 12.0 Å². The fourth-order valence-corrected chi connectivity index (χ4v) is 5.15. The Hall–Kier alpha value is -3.91. The number of aromatic amines is 1. The van der Waals surface area contributed by atoms with E-state index in [1.165, 1.54) is 23.3 Å². The number of benzene rings is 2. The zero-order chi connectivity index (χ0) is 24.9. The van der Waals surface area contributed by atoms with Gasteiger partial charge in [0.1, 0.15) is 17.6 Å². The molecule has 1 amide bonds. The normalized spacial score (nSPS) is 17.9. The third-order valence-electron chi connectivity index (χ3n) is 6.18. The Balaban J connectivity index is 1.74. The average molecular weight is 488 g/mol. The number of carbonyl (C=O) groups excluding carboxylic acids is 2. The number of aromatic nitrogens is 2. The number of imidazole rings is 1. The Kier molecular flexibility index (Phi) is 5.48. The molecule has 8 heteroatoms. The zero-order valence-electron chi connectivity index (χ0n) is 19.8. The summed E-state index contributed by atoms with van der Waals surface area (Å²) in [5.41, 5.74) is 2.54. The van der Waals surface area contributed by atoms with E-state index in [0.717, 1.165) is 16.0 Å². The van der Waals surface area contributed by atoms with Gasteiger partial charge in [-0.1, -0.05) is 45.0 Å². The topological polar surface area (TPSA) is 95.5 Å². The number of Topliss-reactive ketones (excluding diaryl/α,β-unsaturated/α-hetero) is 1. The van der Waals surface area contributed by atoms with Gasteiger partial charge in [0.15, 0.2) is 0 Å². The number of H-pyrrole nitrogens is 1. The highest BCUT2D eigenvalue weighted by Gasteiger charge is 2.49. The van der Waals surface area contributed by atoms with E-state index in [0.29, 0.717) is 16.8 Å². The second kappa shape index (κ2) is 8.39. The minimum absolute atomic E-state index is 0.00210. The molecule has 1 aliphatic heterocycles. The summed E-state index contributed by atoms with van der Waals surface area (Å²) in [6.45, 7) is 6.18. The fraction of sp³-hybridized carbons (Fsp3) is 0.222. The van der Waals surface area contributed by atoms with Crippen molar-refractivity contribution in [3.05, 3.63) is 81.6 Å². The van der Waals surface area contributed by atoms with Crippen LogP contribution in [0.2, 0.25) is 0 Å². The van der Waals surface area contributed by atoms with Crippen molar-refractivity contribution in [3.63, 3.8) is 0 Å². The number of rotatable bonds is 4. The van der Waals surface area contributed by atoms with Crippen molar-refractivity contribution >= 4 is 45.8 Å². The molecule has 3 heterocycles. The lowest BCUT2D eigenvalue weighted by Crippen LogP contribution is -2.30. The second-order valence-corrected chi connectivity index (χ2v) is 10.4. The molecule has 1 atom stereocenters. The second-order valence-electron chi connectivity index (χ2n) is 9.43. The number of ketones is 1. The highest BCUT2D eigenvalue weighted by molar-refractivity contribution is 7.10. The molecule has 0 aliphatic carbocycles. The molecule has 1 unspecified atom stereocenters. The predicted octanol–water partition coefficient (Wildman–Crippen LogP) is 5.56. The molecule has 4 aromatic rings. The molecular formula is C27H25N3O4S. The zero-order valence-corrected chi connectivity index (χ0v) is 20.6. The van der Waals surface area contributed by atoms with Gasteiger partial charge in [-0.05, 0) is 46.7 Å². The third-order valence-corrected chi connectivity index (χ3v) is 7.11. The highest BCUT2D eigenvalue weighted by Crippen LogP contribution is 2.44. The van der Waals surface area contributed by atoms with Crippen molar-refractivity contribution in [3.8, 4) is 5.75 Å². The number of hydrogen-bond donors (Lipinski definition) is 2. The predicted molar refractivity (Wildman–Crippen MR) is 137 cm³/mol. The molecule has 1 aliphatic rings. The molecule has 35 heavy (non-hydrogen) atoms. The Bertz CT molecular complexity index is 1440. The van der Waals surface area contributed by atoms with E-state index in [1.54, 1.807) is 6.07 Å². The fourth-order valence-electron chi connectivity index (χ4n) is 4.33. The van der Waals surface area contributed by atoms with E-state index in [4.69, 9.17) is 4.74 Å². The summed E-state index contributed by atoms with van der Waals surface area (Å²) >= 11 is 1.40. The lowest BCUT2D eigenvalue weighted by Gasteiger charge is -2.23. The first-order valence-corrected chi connectivity index (χ1v) is 12.1. The van der Waals surface area contributed by atoms with Gasteiger partial charge in [-0.25, -0.2) is 4.98 Å². The lowest BCUT2D eigenvalue weighted by atomic mass is 9.85. The van der Waals surface area contributed by atoms with Crippen molar-refractivity contribution in [2.24, 2.45) is 0 Å². The monoisotopic (exact) mass is 487 g/mol. The molecule has 2 aromatic heterocycles. The summed E-state index contributed by atoms with van der Waals surface area (Å²) in [5, 5.41) is 13.4. The number of thiophene rings is 1. The number of anilines is 1. The average Bonchev–Trinajstić information content (AvgIpc) is 3.56. The van der Waals surface area contributed by atoms with Crippen LogP contribution in [0, 0.1) is 0 Å². The van der Waals surface area contributed by atoms with E-state index < -0.39 is 17.7 Å². The molecule has 7 nitrogen and oxygen atoms in total. The van der Waals surface area contributed by atoms with Gasteiger partial charge in [0.05, 0.1) is 29.3 Å². The van der Waals surface area contributed by atoms with Crippen molar-refractivity contribution in [1.82, 2.24) is 9.97 Å². The molecular weight excluding hydrogens is 462 g/mol. The van der Waals surface area contributed by atoms with E-state index >= 15 is 0 Å². The maximum Gasteiger partial charge on any atom is 0.302 e. The van der Waals surface area contributed by atoms with Crippen LogP contribution in [0.1, 0.15) is 42.8 Å². The molecule has 1 saturated heterocycles. The van der Waals surface area contributed by atoms with Gasteiger partial charge in [-0.2, -0.15) is 0 Å². The SMILES string of the molecule is COc1ccc(C(C)(C)C)cc1/C(O)=C1\C(=O)C(=O)N(c2nc3ccccc3[nH]2)C1c1cccs1. The highest BCUT2D eigenvalue weighted by atomic mass is 32.1. The number of methoxy groups -OCH3 is 1. The minimum Gasteiger partial charge on any atom is -0.507 e. The summed E-state index contributed by atoms with van der Waals surface area (Å²) in [6.07, 6.45) is 0. The van der Waals surface area contributed by atoms with E-state index in [-0.39, 0.29) is 22.7 Å². The summed E-state index contributed by atoms with van der Waals surface area (Å²) in [5.74, 6) is -1.14. The largest absolute Gasteiger partial charge is 0.507 e. The standard InChI is InChI=1S/C27H25N3O4S/c1-27(2,3)15-11-12-19(34-4)16(14-15)23(31)21-22(20-10-7-13-35-20)30(25(33)24(21)32)26-28-17-8-5-6-9-18(17)29-26/h5-14,22,31H,1-4H3,(H,28,29)/b23-21+. The maximum absolute atomic E-state index is 13.4. The van der Waals surface area contributed by atoms with Gasteiger partial charge in [0.2, 0.25) is 5.95 Å². The smallest absolute Gasteiger partial charge is 0.302 e. The molecule has 2 N–H and O–H groups in total. The Morgan fingerprint density at radius 2 is 1.89 bits per heavy atom. The molecule has 1 fully saturated rings. The molecule has 0 spiro atoms. The van der Waals surface area contributed by atoms with E-state index in [2.05, 4.69) is 30.7 Å². The number of nitrogens with zero attached hydrogens (tertiary/aromatic N) is 2. The Morgan fingerprint density at radius 1 is 1.11 bits per heavy atom. The molecule has 0 radical (unpaired) electrons. The summed E-state index contributed by atoms with van der Waals surface area (Å²) in [6, 6.07) is 15.8. The van der Waals surface area contributed by atoms with Crippen molar-refractivity contribution in [1.29, 1.82) is 0 Å². The lowest BCUT2D eigenvalue weighted by molar-refractivity contribution is -0.132. The Morgan fingerprint density at radius 3 is 2.54 bits per heavy atom. The molecule has 0 bridgehead atoms. The van der Waals surface area contributed by atoms with Gasteiger partial charge < -0.3 is 14.8 Å². The number of carbonyl (C=O) groups is 2. The molecule has 178 valence electrons. The van der Waals surface area contributed by atoms with Gasteiger partial charge in [-0.15, -0.1) is 11.3 Å². The Labute approximate surface area is 206 Å². The van der Waals surface area contributed by atoms with Crippen LogP contribution in [0.5, 0.6) is 5.75 Å². The number of hydrogen-bond acceptors (Lipinski definition) is 6. The first-order valence-electron chi connectivity index (χ1n) is 11.2. The molecule has 2 aromatic carbocycles. The van der Waals surface area contributed by atoms with Crippen LogP contribution < -0.4 is 9.64 Å². The van der Waals surface area contributed by atoms with Gasteiger partial charge in [0.25, 0.3) is 5.78 Å². The number of nitrogens with one attached hydrogen (secondary N) is 1. The summed E-state index contributed by atoms with van der Waals surface area (Å²) < 4.78 is 5.51. The quantitative estimate of drug-likeness (QED) is 0.223. The molecule has 5 rings (SSSR count). The van der Waals surface area contributed by atoms with Gasteiger partial charge in [-0.3, -0.25) is 14.5 Å². The van der Waals surface area contributed by atoms with Crippen molar-refractivity contribution < 1.29 is 19.4 Å². The summed E-state index contributed by atoms with van der Waals surface area (Å²) in [4.78, 5) is 36.6. The van der Waals surface area contributed by atoms with Gasteiger partial charge in [0, 0.05) is 4.88 Å². The number of aliphatic hydroxyl groups is 1. The minimum atomic E-state index is -0.835. The first-order chi connectivity index (χ1) is 16.7. The third kappa shape index (κ3) is 3.80. The van der Waals surface area contributed by atoms with Crippen LogP contribution in [0.15, 0.2) is 65.6 Å². The number of fused-ring (bicyclic) bond motifs is 1. The van der Waals surface area contributed by atoms with Crippen LogP contribution in [0.3, 0.4) is 0 Å². The van der Waals surface area contributed by atoms with Crippen LogP contribution in [-0.4, -0.2) is 33.9 Å². The summed E-state index contributed by atoms with van der Waals surface area (Å²) in [7, 11) is 1.51. The number of ether oxygens (including phenoxy) is 1. The van der Waals surface area contributed by atoms with Crippen LogP contribution >= 0.6 is 11.3 Å². The number of para-hydroxylation sites is 2. The van der Waals surface area contributed by atoms with E-state index in [9.17, 15) is 14.7 Å². The van der Waals surface area contributed by atoms with Crippen molar-refractivity contribution in [2.45, 2.75) is 32.2 Å². The van der Waals surface area contributed by atoms with Crippen LogP contribution in [0.25, 0.3) is 16.8 Å². The first kappa shape index (κ1) is 22.9. The maximum atomic E-state index is 13.4. The van der Waals surface area contributed by atoms with E-state index in [1.807, 2.05) is 53.9 Å².